The van der Waals surface area contributed by atoms with Crippen molar-refractivity contribution < 1.29 is 17.9 Å². The van der Waals surface area contributed by atoms with Gasteiger partial charge in [-0.25, -0.2) is 8.42 Å². The molecule has 3 aromatic rings. The molecule has 0 aliphatic rings. The Kier molecular flexibility index (Phi) is 6.74. The number of hydrogen-bond donors (Lipinski definition) is 2. The van der Waals surface area contributed by atoms with Gasteiger partial charge in [-0.1, -0.05) is 36.4 Å². The summed E-state index contributed by atoms with van der Waals surface area (Å²) in [6.45, 7) is 3.99. The predicted octanol–water partition coefficient (Wildman–Crippen LogP) is 3.99. The molecule has 0 saturated carbocycles. The molecule has 0 aliphatic heterocycles. The van der Waals surface area contributed by atoms with Crippen molar-refractivity contribution >= 4 is 21.6 Å². The topological polar surface area (TPSA) is 84.5 Å². The summed E-state index contributed by atoms with van der Waals surface area (Å²) in [4.78, 5) is 12.6. The van der Waals surface area contributed by atoms with E-state index in [-0.39, 0.29) is 22.4 Å². The molecule has 156 valence electrons. The molecule has 0 saturated heterocycles. The number of amides is 1. The van der Waals surface area contributed by atoms with E-state index in [0.29, 0.717) is 18.0 Å². The third-order valence-electron chi connectivity index (χ3n) is 4.30. The second-order valence-electron chi connectivity index (χ2n) is 7.00. The van der Waals surface area contributed by atoms with Crippen LogP contribution in [-0.2, 0) is 10.0 Å². The van der Waals surface area contributed by atoms with Gasteiger partial charge in [-0.2, -0.15) is 0 Å². The van der Waals surface area contributed by atoms with E-state index in [4.69, 9.17) is 4.74 Å². The molecule has 0 fully saturated rings. The molecule has 6 nitrogen and oxygen atoms in total. The Balaban J connectivity index is 1.65. The zero-order chi connectivity index (χ0) is 21.6. The second kappa shape index (κ2) is 9.45. The van der Waals surface area contributed by atoms with Crippen LogP contribution in [0.25, 0.3) is 0 Å². The fraction of sp³-hybridized carbons (Fsp3) is 0.174. The first-order valence-electron chi connectivity index (χ1n) is 9.52. The van der Waals surface area contributed by atoms with Crippen molar-refractivity contribution in [1.82, 2.24) is 5.32 Å². The molecule has 0 unspecified atom stereocenters. The van der Waals surface area contributed by atoms with Gasteiger partial charge in [0.15, 0.2) is 0 Å². The predicted molar refractivity (Wildman–Crippen MR) is 117 cm³/mol. The van der Waals surface area contributed by atoms with Crippen LogP contribution in [0.4, 0.5) is 5.69 Å². The molecule has 0 bridgehead atoms. The zero-order valence-corrected chi connectivity index (χ0v) is 17.6. The molecule has 2 N–H and O–H groups in total. The lowest BCUT2D eigenvalue weighted by molar-refractivity contribution is 0.0926. The lowest BCUT2D eigenvalue weighted by atomic mass is 10.2. The number of benzene rings is 3. The first-order chi connectivity index (χ1) is 14.3. The minimum Gasteiger partial charge on any atom is -0.491 e. The number of carbonyl (C=O) groups is 1. The number of rotatable bonds is 8. The molecule has 0 radical (unpaired) electrons. The summed E-state index contributed by atoms with van der Waals surface area (Å²) in [5.41, 5.74) is 1.67. The Morgan fingerprint density at radius 3 is 2.43 bits per heavy atom. The van der Waals surface area contributed by atoms with Crippen molar-refractivity contribution in [3.8, 4) is 5.75 Å². The average molecular weight is 425 g/mol. The Hall–Kier alpha value is -3.32. The van der Waals surface area contributed by atoms with Crippen LogP contribution in [0.1, 0.15) is 22.8 Å². The third-order valence-corrected chi connectivity index (χ3v) is 5.68. The van der Waals surface area contributed by atoms with Gasteiger partial charge < -0.3 is 10.1 Å². The lowest BCUT2D eigenvalue weighted by Crippen LogP contribution is -2.36. The highest BCUT2D eigenvalue weighted by molar-refractivity contribution is 7.92. The van der Waals surface area contributed by atoms with Gasteiger partial charge in [-0.05, 0) is 61.9 Å². The number of ether oxygens (including phenoxy) is 1. The van der Waals surface area contributed by atoms with Gasteiger partial charge in [0.1, 0.15) is 12.4 Å². The van der Waals surface area contributed by atoms with Gasteiger partial charge >= 0.3 is 0 Å². The maximum atomic E-state index is 12.7. The summed E-state index contributed by atoms with van der Waals surface area (Å²) in [6.07, 6.45) is 0. The highest BCUT2D eigenvalue weighted by Crippen LogP contribution is 2.18. The van der Waals surface area contributed by atoms with E-state index in [1.807, 2.05) is 50.2 Å². The smallest absolute Gasteiger partial charge is 0.261 e. The maximum absolute atomic E-state index is 12.7. The molecule has 0 heterocycles. The van der Waals surface area contributed by atoms with Crippen molar-refractivity contribution in [1.29, 1.82) is 0 Å². The van der Waals surface area contributed by atoms with Crippen molar-refractivity contribution in [3.05, 3.63) is 90.0 Å². The number of hydrogen-bond acceptors (Lipinski definition) is 4. The molecular weight excluding hydrogens is 400 g/mol. The van der Waals surface area contributed by atoms with Gasteiger partial charge in [0.25, 0.3) is 15.9 Å². The van der Waals surface area contributed by atoms with E-state index in [9.17, 15) is 13.2 Å². The summed E-state index contributed by atoms with van der Waals surface area (Å²) < 4.78 is 33.6. The van der Waals surface area contributed by atoms with Crippen LogP contribution < -0.4 is 14.8 Å². The van der Waals surface area contributed by atoms with Crippen molar-refractivity contribution in [2.75, 3.05) is 11.3 Å². The summed E-state index contributed by atoms with van der Waals surface area (Å²) in [7, 11) is -3.82. The first-order valence-corrected chi connectivity index (χ1v) is 11.0. The van der Waals surface area contributed by atoms with Gasteiger partial charge in [0, 0.05) is 11.3 Å². The molecular formula is C23H24N2O4S. The summed E-state index contributed by atoms with van der Waals surface area (Å²) in [5, 5.41) is 2.82. The molecule has 3 aromatic carbocycles. The summed E-state index contributed by atoms with van der Waals surface area (Å²) >= 11 is 0. The SMILES string of the molecule is Cc1cccc(NS(=O)(=O)c2cccc(C(=O)N[C@@H](C)COc3ccccc3)c2)c1. The van der Waals surface area contributed by atoms with Gasteiger partial charge in [0.2, 0.25) is 0 Å². The van der Waals surface area contributed by atoms with Crippen LogP contribution in [0.15, 0.2) is 83.8 Å². The largest absolute Gasteiger partial charge is 0.491 e. The normalized spacial score (nSPS) is 12.1. The fourth-order valence-electron chi connectivity index (χ4n) is 2.81. The summed E-state index contributed by atoms with van der Waals surface area (Å²) in [5.74, 6) is 0.348. The third kappa shape index (κ3) is 5.84. The monoisotopic (exact) mass is 424 g/mol. The van der Waals surface area contributed by atoms with Crippen molar-refractivity contribution in [3.63, 3.8) is 0 Å². The Bertz CT molecular complexity index is 1110. The van der Waals surface area contributed by atoms with Crippen LogP contribution in [-0.4, -0.2) is 27.0 Å². The number of para-hydroxylation sites is 1. The van der Waals surface area contributed by atoms with Gasteiger partial charge in [0.05, 0.1) is 10.9 Å². The molecule has 30 heavy (non-hydrogen) atoms. The van der Waals surface area contributed by atoms with Crippen LogP contribution in [0.5, 0.6) is 5.75 Å². The Morgan fingerprint density at radius 1 is 0.967 bits per heavy atom. The van der Waals surface area contributed by atoms with E-state index in [2.05, 4.69) is 10.0 Å². The fourth-order valence-corrected chi connectivity index (χ4v) is 3.91. The van der Waals surface area contributed by atoms with Crippen LogP contribution in [0.2, 0.25) is 0 Å². The molecule has 1 atom stereocenters. The number of aryl methyl sites for hydroxylation is 1. The molecule has 0 aliphatic carbocycles. The molecule has 7 heteroatoms. The van der Waals surface area contributed by atoms with Crippen LogP contribution >= 0.6 is 0 Å². The highest BCUT2D eigenvalue weighted by atomic mass is 32.2. The lowest BCUT2D eigenvalue weighted by Gasteiger charge is -2.15. The van der Waals surface area contributed by atoms with E-state index >= 15 is 0 Å². The summed E-state index contributed by atoms with van der Waals surface area (Å²) in [6, 6.07) is 22.1. The number of sulfonamides is 1. The first kappa shape index (κ1) is 21.4. The highest BCUT2D eigenvalue weighted by Gasteiger charge is 2.17. The Labute approximate surface area is 177 Å². The van der Waals surface area contributed by atoms with E-state index in [0.717, 1.165) is 5.56 Å². The van der Waals surface area contributed by atoms with Gasteiger partial charge in [-0.3, -0.25) is 9.52 Å². The van der Waals surface area contributed by atoms with Crippen molar-refractivity contribution in [2.24, 2.45) is 0 Å². The van der Waals surface area contributed by atoms with E-state index in [1.165, 1.54) is 12.1 Å². The minimum absolute atomic E-state index is 0.0184. The number of anilines is 1. The average Bonchev–Trinajstić information content (AvgIpc) is 2.73. The van der Waals surface area contributed by atoms with Crippen LogP contribution in [0, 0.1) is 6.92 Å². The van der Waals surface area contributed by atoms with Crippen LogP contribution in [0.3, 0.4) is 0 Å². The van der Waals surface area contributed by atoms with Crippen molar-refractivity contribution in [2.45, 2.75) is 24.8 Å². The number of carbonyl (C=O) groups excluding carboxylic acids is 1. The standard InChI is InChI=1S/C23H24N2O4S/c1-17-8-6-10-20(14-17)25-30(27,28)22-13-7-9-19(15-22)23(26)24-18(2)16-29-21-11-4-3-5-12-21/h3-15,18,25H,16H2,1-2H3,(H,24,26)/t18-/m0/s1. The molecule has 0 aromatic heterocycles. The molecule has 3 rings (SSSR count). The molecule has 0 spiro atoms. The zero-order valence-electron chi connectivity index (χ0n) is 16.8. The van der Waals surface area contributed by atoms with E-state index in [1.54, 1.807) is 30.3 Å². The second-order valence-corrected chi connectivity index (χ2v) is 8.68. The van der Waals surface area contributed by atoms with E-state index < -0.39 is 10.0 Å². The maximum Gasteiger partial charge on any atom is 0.261 e. The molecule has 1 amide bonds. The minimum atomic E-state index is -3.82. The number of nitrogens with one attached hydrogen (secondary N) is 2. The quantitative estimate of drug-likeness (QED) is 0.573. The Morgan fingerprint density at radius 2 is 1.70 bits per heavy atom. The van der Waals surface area contributed by atoms with Gasteiger partial charge in [-0.15, -0.1) is 0 Å².